The number of nitrogens with one attached hydrogen (secondary N) is 1. The Labute approximate surface area is 174 Å². The number of nitrogens with zero attached hydrogens (tertiary/aromatic N) is 3. The molecular weight excluding hydrogens is 388 g/mol. The fourth-order valence-corrected chi connectivity index (χ4v) is 3.62. The van der Waals surface area contributed by atoms with Crippen molar-refractivity contribution in [2.45, 2.75) is 26.1 Å². The smallest absolute Gasteiger partial charge is 0.272 e. The Morgan fingerprint density at radius 1 is 1.14 bits per heavy atom. The number of hydrogen-bond acceptors (Lipinski definition) is 3. The van der Waals surface area contributed by atoms with Crippen molar-refractivity contribution in [3.05, 3.63) is 88.2 Å². The number of amides is 2. The summed E-state index contributed by atoms with van der Waals surface area (Å²) < 4.78 is 1.60. The summed E-state index contributed by atoms with van der Waals surface area (Å²) in [4.78, 5) is 27.3. The second-order valence-corrected chi connectivity index (χ2v) is 7.47. The van der Waals surface area contributed by atoms with Crippen LogP contribution in [-0.2, 0) is 13.1 Å². The van der Waals surface area contributed by atoms with Gasteiger partial charge >= 0.3 is 0 Å². The molecule has 4 rings (SSSR count). The first-order chi connectivity index (χ1) is 14.0. The topological polar surface area (TPSA) is 67.2 Å². The summed E-state index contributed by atoms with van der Waals surface area (Å²) >= 11 is 6.23. The van der Waals surface area contributed by atoms with Gasteiger partial charge in [-0.25, -0.2) is 0 Å². The highest BCUT2D eigenvalue weighted by Gasteiger charge is 2.28. The van der Waals surface area contributed by atoms with Gasteiger partial charge in [0.25, 0.3) is 11.8 Å². The lowest BCUT2D eigenvalue weighted by molar-refractivity contribution is 0.0683. The number of hydrogen-bond donors (Lipinski definition) is 1. The van der Waals surface area contributed by atoms with Gasteiger partial charge in [0, 0.05) is 24.2 Å². The maximum absolute atomic E-state index is 12.9. The van der Waals surface area contributed by atoms with Crippen molar-refractivity contribution in [2.75, 3.05) is 6.54 Å². The van der Waals surface area contributed by atoms with Crippen LogP contribution in [0.15, 0.2) is 60.7 Å². The minimum atomic E-state index is -0.297. The Morgan fingerprint density at radius 3 is 2.62 bits per heavy atom. The maximum atomic E-state index is 12.9. The Balaban J connectivity index is 1.48. The zero-order valence-electron chi connectivity index (χ0n) is 16.0. The zero-order valence-corrected chi connectivity index (χ0v) is 16.8. The predicted molar refractivity (Wildman–Crippen MR) is 111 cm³/mol. The third kappa shape index (κ3) is 4.03. The Kier molecular flexibility index (Phi) is 5.36. The Bertz CT molecular complexity index is 1050. The van der Waals surface area contributed by atoms with E-state index in [9.17, 15) is 9.59 Å². The number of carbonyl (C=O) groups is 2. The lowest BCUT2D eigenvalue weighted by Crippen LogP contribution is -2.39. The van der Waals surface area contributed by atoms with Gasteiger partial charge < -0.3 is 10.2 Å². The fraction of sp³-hybridized carbons (Fsp3) is 0.227. The molecule has 1 aliphatic rings. The maximum Gasteiger partial charge on any atom is 0.272 e. The van der Waals surface area contributed by atoms with Gasteiger partial charge in [0.15, 0.2) is 5.69 Å². The molecule has 0 saturated heterocycles. The first-order valence-electron chi connectivity index (χ1n) is 9.49. The quantitative estimate of drug-likeness (QED) is 0.700. The Hall–Kier alpha value is -3.12. The van der Waals surface area contributed by atoms with Crippen LogP contribution in [0.5, 0.6) is 0 Å². The summed E-state index contributed by atoms with van der Waals surface area (Å²) in [5.74, 6) is -0.451. The highest BCUT2D eigenvalue weighted by atomic mass is 35.5. The van der Waals surface area contributed by atoms with Gasteiger partial charge in [0.2, 0.25) is 0 Å². The summed E-state index contributed by atoms with van der Waals surface area (Å²) in [6, 6.07) is 18.6. The highest BCUT2D eigenvalue weighted by molar-refractivity contribution is 6.31. The second kappa shape index (κ2) is 8.09. The van der Waals surface area contributed by atoms with Gasteiger partial charge in [-0.3, -0.25) is 14.3 Å². The van der Waals surface area contributed by atoms with E-state index < -0.39 is 0 Å². The average molecular weight is 409 g/mol. The summed E-state index contributed by atoms with van der Waals surface area (Å²) in [5, 5.41) is 7.91. The SMILES string of the molecule is C[C@@H](NC(=O)c1cc2n(n1)CCN(Cc1ccccc1Cl)C2=O)c1ccccc1. The third-order valence-electron chi connectivity index (χ3n) is 5.07. The van der Waals surface area contributed by atoms with Crippen LogP contribution in [0, 0.1) is 0 Å². The minimum Gasteiger partial charge on any atom is -0.344 e. The van der Waals surface area contributed by atoms with Crippen molar-refractivity contribution >= 4 is 23.4 Å². The van der Waals surface area contributed by atoms with Crippen LogP contribution in [0.4, 0.5) is 0 Å². The molecule has 2 heterocycles. The number of carbonyl (C=O) groups excluding carboxylic acids is 2. The van der Waals surface area contributed by atoms with E-state index in [4.69, 9.17) is 11.6 Å². The molecule has 2 aromatic carbocycles. The van der Waals surface area contributed by atoms with Gasteiger partial charge in [-0.2, -0.15) is 5.10 Å². The lowest BCUT2D eigenvalue weighted by Gasteiger charge is -2.27. The van der Waals surface area contributed by atoms with Crippen LogP contribution in [0.25, 0.3) is 0 Å². The molecule has 3 aromatic rings. The number of rotatable bonds is 5. The van der Waals surface area contributed by atoms with E-state index in [2.05, 4.69) is 10.4 Å². The largest absolute Gasteiger partial charge is 0.344 e. The van der Waals surface area contributed by atoms with Crippen molar-refractivity contribution in [3.63, 3.8) is 0 Å². The molecule has 1 N–H and O–H groups in total. The van der Waals surface area contributed by atoms with Crippen molar-refractivity contribution in [1.82, 2.24) is 20.0 Å². The average Bonchev–Trinajstić information content (AvgIpc) is 3.18. The predicted octanol–water partition coefficient (Wildman–Crippen LogP) is 3.68. The standard InChI is InChI=1S/C22H21ClN4O2/c1-15(16-7-3-2-4-8-16)24-21(28)19-13-20-22(29)26(11-12-27(20)25-19)14-17-9-5-6-10-18(17)23/h2-10,13,15H,11-12,14H2,1H3,(H,24,28)/t15-/m1/s1. The van der Waals surface area contributed by atoms with Crippen molar-refractivity contribution in [2.24, 2.45) is 0 Å². The normalized spacial score (nSPS) is 14.4. The summed E-state index contributed by atoms with van der Waals surface area (Å²) in [7, 11) is 0. The van der Waals surface area contributed by atoms with E-state index >= 15 is 0 Å². The first kappa shape index (κ1) is 19.2. The molecule has 7 heteroatoms. The van der Waals surface area contributed by atoms with Crippen LogP contribution in [0.1, 0.15) is 45.1 Å². The number of aromatic nitrogens is 2. The van der Waals surface area contributed by atoms with Crippen molar-refractivity contribution in [3.8, 4) is 0 Å². The van der Waals surface area contributed by atoms with E-state index in [-0.39, 0.29) is 23.6 Å². The molecule has 0 bridgehead atoms. The zero-order chi connectivity index (χ0) is 20.4. The van der Waals surface area contributed by atoms with Crippen molar-refractivity contribution in [1.29, 1.82) is 0 Å². The van der Waals surface area contributed by atoms with Crippen LogP contribution in [-0.4, -0.2) is 33.0 Å². The summed E-state index contributed by atoms with van der Waals surface area (Å²) in [5.41, 5.74) is 2.56. The monoisotopic (exact) mass is 408 g/mol. The summed E-state index contributed by atoms with van der Waals surface area (Å²) in [6.07, 6.45) is 0. The second-order valence-electron chi connectivity index (χ2n) is 7.06. The molecule has 6 nitrogen and oxygen atoms in total. The molecule has 0 radical (unpaired) electrons. The van der Waals surface area contributed by atoms with Crippen LogP contribution in [0.3, 0.4) is 0 Å². The van der Waals surface area contributed by atoms with Crippen LogP contribution >= 0.6 is 11.6 Å². The van der Waals surface area contributed by atoms with E-state index in [0.717, 1.165) is 11.1 Å². The first-order valence-corrected chi connectivity index (χ1v) is 9.87. The number of halogens is 1. The fourth-order valence-electron chi connectivity index (χ4n) is 3.43. The van der Waals surface area contributed by atoms with Gasteiger partial charge in [-0.15, -0.1) is 0 Å². The minimum absolute atomic E-state index is 0.154. The van der Waals surface area contributed by atoms with Crippen molar-refractivity contribution < 1.29 is 9.59 Å². The third-order valence-corrected chi connectivity index (χ3v) is 5.44. The molecule has 1 atom stereocenters. The molecule has 0 aliphatic carbocycles. The molecule has 1 aromatic heterocycles. The van der Waals surface area contributed by atoms with E-state index in [1.54, 1.807) is 15.6 Å². The van der Waals surface area contributed by atoms with Crippen LogP contribution in [0.2, 0.25) is 5.02 Å². The molecule has 148 valence electrons. The number of benzene rings is 2. The van der Waals surface area contributed by atoms with Gasteiger partial charge in [-0.05, 0) is 24.1 Å². The number of fused-ring (bicyclic) bond motifs is 1. The van der Waals surface area contributed by atoms with E-state index in [0.29, 0.717) is 30.4 Å². The molecule has 0 spiro atoms. The molecular formula is C22H21ClN4O2. The molecule has 2 amide bonds. The molecule has 0 fully saturated rings. The van der Waals surface area contributed by atoms with Gasteiger partial charge in [0.1, 0.15) is 5.69 Å². The van der Waals surface area contributed by atoms with E-state index in [1.807, 2.05) is 61.5 Å². The highest BCUT2D eigenvalue weighted by Crippen LogP contribution is 2.21. The molecule has 1 aliphatic heterocycles. The van der Waals surface area contributed by atoms with Crippen LogP contribution < -0.4 is 5.32 Å². The molecule has 29 heavy (non-hydrogen) atoms. The summed E-state index contributed by atoms with van der Waals surface area (Å²) in [6.45, 7) is 3.39. The van der Waals surface area contributed by atoms with Gasteiger partial charge in [-0.1, -0.05) is 60.1 Å². The van der Waals surface area contributed by atoms with E-state index in [1.165, 1.54) is 0 Å². The lowest BCUT2D eigenvalue weighted by atomic mass is 10.1. The van der Waals surface area contributed by atoms with Gasteiger partial charge in [0.05, 0.1) is 12.6 Å². The molecule has 0 unspecified atom stereocenters. The Morgan fingerprint density at radius 2 is 1.86 bits per heavy atom. The molecule has 0 saturated carbocycles.